The van der Waals surface area contributed by atoms with E-state index in [0.29, 0.717) is 11.5 Å². The second-order valence-corrected chi connectivity index (χ2v) is 4.86. The molecule has 0 saturated heterocycles. The quantitative estimate of drug-likeness (QED) is 0.815. The van der Waals surface area contributed by atoms with Crippen molar-refractivity contribution in [1.82, 2.24) is 15.5 Å². The van der Waals surface area contributed by atoms with Crippen LogP contribution in [-0.2, 0) is 9.53 Å². The average molecular weight is 291 g/mol. The zero-order valence-electron chi connectivity index (χ0n) is 12.0. The molecule has 0 spiro atoms. The first-order valence-corrected chi connectivity index (χ1v) is 6.51. The van der Waals surface area contributed by atoms with Crippen LogP contribution >= 0.6 is 0 Å². The number of hydrogen-bond acceptors (Lipinski definition) is 5. The Morgan fingerprint density at radius 2 is 2.19 bits per heavy atom. The first-order valence-electron chi connectivity index (χ1n) is 6.51. The molecule has 0 aromatic carbocycles. The van der Waals surface area contributed by atoms with Gasteiger partial charge in [0.15, 0.2) is 11.5 Å². The number of aromatic nitrogens is 2. The minimum atomic E-state index is -0.716. The number of rotatable bonds is 5. The minimum absolute atomic E-state index is 0.0927. The normalized spacial score (nSPS) is 12.2. The predicted molar refractivity (Wildman–Crippen MR) is 74.4 cm³/mol. The smallest absolute Gasteiger partial charge is 0.328 e. The maximum absolute atomic E-state index is 12.1. The van der Waals surface area contributed by atoms with E-state index in [1.807, 2.05) is 13.8 Å². The maximum Gasteiger partial charge on any atom is 0.328 e. The Balaban J connectivity index is 2.11. The first kappa shape index (κ1) is 14.8. The van der Waals surface area contributed by atoms with E-state index >= 15 is 0 Å². The fraction of sp³-hybridized carbons (Fsp3) is 0.357. The molecule has 1 atom stereocenters. The second kappa shape index (κ2) is 6.25. The molecule has 2 aromatic heterocycles. The molecule has 2 aromatic rings. The van der Waals surface area contributed by atoms with Gasteiger partial charge in [-0.25, -0.2) is 4.79 Å². The van der Waals surface area contributed by atoms with Crippen molar-refractivity contribution in [3.05, 3.63) is 30.2 Å². The van der Waals surface area contributed by atoms with Crippen LogP contribution < -0.4 is 5.32 Å². The highest BCUT2D eigenvalue weighted by molar-refractivity contribution is 5.96. The van der Waals surface area contributed by atoms with Crippen molar-refractivity contribution in [2.75, 3.05) is 7.11 Å². The highest BCUT2D eigenvalue weighted by Gasteiger charge is 2.26. The van der Waals surface area contributed by atoms with Gasteiger partial charge in [0.25, 0.3) is 5.91 Å². The summed E-state index contributed by atoms with van der Waals surface area (Å²) in [4.78, 5) is 23.8. The largest absolute Gasteiger partial charge is 0.467 e. The summed E-state index contributed by atoms with van der Waals surface area (Å²) in [7, 11) is 1.29. The number of esters is 1. The molecule has 2 rings (SSSR count). The minimum Gasteiger partial charge on any atom is -0.467 e. The average Bonchev–Trinajstić information content (AvgIpc) is 3.12. The molecular formula is C14H17N3O4. The van der Waals surface area contributed by atoms with Gasteiger partial charge in [-0.2, -0.15) is 5.10 Å². The Bertz CT molecular complexity index is 616. The number of H-pyrrole nitrogens is 1. The molecule has 0 aliphatic rings. The lowest BCUT2D eigenvalue weighted by molar-refractivity contribution is -0.144. The molecule has 7 nitrogen and oxygen atoms in total. The lowest BCUT2D eigenvalue weighted by Crippen LogP contribution is -2.45. The maximum atomic E-state index is 12.1. The lowest BCUT2D eigenvalue weighted by Gasteiger charge is -2.18. The molecular weight excluding hydrogens is 274 g/mol. The molecule has 2 N–H and O–H groups in total. The summed E-state index contributed by atoms with van der Waals surface area (Å²) in [6.07, 6.45) is 1.53. The number of aromatic amines is 1. The van der Waals surface area contributed by atoms with Crippen molar-refractivity contribution in [3.8, 4) is 11.5 Å². The third-order valence-corrected chi connectivity index (χ3v) is 3.01. The highest BCUT2D eigenvalue weighted by Crippen LogP contribution is 2.18. The van der Waals surface area contributed by atoms with E-state index in [4.69, 9.17) is 4.42 Å². The summed E-state index contributed by atoms with van der Waals surface area (Å²) in [5.74, 6) is -0.451. The van der Waals surface area contributed by atoms with Gasteiger partial charge in [0.1, 0.15) is 11.7 Å². The van der Waals surface area contributed by atoms with Crippen molar-refractivity contribution in [2.24, 2.45) is 5.92 Å². The van der Waals surface area contributed by atoms with E-state index in [-0.39, 0.29) is 11.6 Å². The Labute approximate surface area is 121 Å². The van der Waals surface area contributed by atoms with E-state index in [1.54, 1.807) is 18.2 Å². The number of amides is 1. The number of ether oxygens (including phenoxy) is 1. The van der Waals surface area contributed by atoms with Gasteiger partial charge in [0.05, 0.1) is 13.4 Å². The summed E-state index contributed by atoms with van der Waals surface area (Å²) in [5, 5.41) is 9.25. The molecule has 1 amide bonds. The van der Waals surface area contributed by atoms with Crippen molar-refractivity contribution in [1.29, 1.82) is 0 Å². The third kappa shape index (κ3) is 3.31. The van der Waals surface area contributed by atoms with Gasteiger partial charge in [0, 0.05) is 6.07 Å². The standard InChI is InChI=1S/C14H17N3O4/c1-8(2)12(14(19)20-3)15-13(18)10-7-9(16-17-10)11-5-4-6-21-11/h4-8,12H,1-3H3,(H,15,18)(H,16,17). The molecule has 112 valence electrons. The summed E-state index contributed by atoms with van der Waals surface area (Å²) >= 11 is 0. The second-order valence-electron chi connectivity index (χ2n) is 4.86. The van der Waals surface area contributed by atoms with Crippen LogP contribution in [-0.4, -0.2) is 35.2 Å². The number of furan rings is 1. The molecule has 0 saturated carbocycles. The Hall–Kier alpha value is -2.57. The highest BCUT2D eigenvalue weighted by atomic mass is 16.5. The number of hydrogen-bond donors (Lipinski definition) is 2. The summed E-state index contributed by atoms with van der Waals surface area (Å²) in [5.41, 5.74) is 0.764. The van der Waals surface area contributed by atoms with Crippen LogP contribution in [0.5, 0.6) is 0 Å². The third-order valence-electron chi connectivity index (χ3n) is 3.01. The number of carbonyl (C=O) groups excluding carboxylic acids is 2. The molecule has 2 heterocycles. The predicted octanol–water partition coefficient (Wildman–Crippen LogP) is 1.60. The van der Waals surface area contributed by atoms with Crippen LogP contribution in [0.2, 0.25) is 0 Å². The van der Waals surface area contributed by atoms with E-state index in [0.717, 1.165) is 0 Å². The van der Waals surface area contributed by atoms with Crippen molar-refractivity contribution < 1.29 is 18.7 Å². The van der Waals surface area contributed by atoms with Gasteiger partial charge in [-0.05, 0) is 18.1 Å². The fourth-order valence-electron chi connectivity index (χ4n) is 1.84. The Morgan fingerprint density at radius 1 is 1.43 bits per heavy atom. The van der Waals surface area contributed by atoms with Crippen molar-refractivity contribution in [2.45, 2.75) is 19.9 Å². The van der Waals surface area contributed by atoms with E-state index < -0.39 is 17.9 Å². The number of carbonyl (C=O) groups is 2. The molecule has 7 heteroatoms. The van der Waals surface area contributed by atoms with Crippen LogP contribution in [0.1, 0.15) is 24.3 Å². The van der Waals surface area contributed by atoms with Crippen LogP contribution in [0.15, 0.2) is 28.9 Å². The molecule has 0 radical (unpaired) electrons. The number of methoxy groups -OCH3 is 1. The zero-order valence-corrected chi connectivity index (χ0v) is 12.0. The van der Waals surface area contributed by atoms with Crippen molar-refractivity contribution in [3.63, 3.8) is 0 Å². The molecule has 1 unspecified atom stereocenters. The fourth-order valence-corrected chi connectivity index (χ4v) is 1.84. The van der Waals surface area contributed by atoms with Gasteiger partial charge in [-0.15, -0.1) is 0 Å². The summed E-state index contributed by atoms with van der Waals surface area (Å²) < 4.78 is 9.89. The van der Waals surface area contributed by atoms with Crippen LogP contribution in [0.3, 0.4) is 0 Å². The summed E-state index contributed by atoms with van der Waals surface area (Å²) in [6, 6.07) is 4.33. The van der Waals surface area contributed by atoms with Crippen LogP contribution in [0.4, 0.5) is 0 Å². The lowest BCUT2D eigenvalue weighted by atomic mass is 10.0. The van der Waals surface area contributed by atoms with Crippen LogP contribution in [0.25, 0.3) is 11.5 Å². The Kier molecular flexibility index (Phi) is 4.42. The van der Waals surface area contributed by atoms with Gasteiger partial charge < -0.3 is 14.5 Å². The molecule has 0 fully saturated rings. The van der Waals surface area contributed by atoms with Gasteiger partial charge in [0.2, 0.25) is 0 Å². The number of nitrogens with one attached hydrogen (secondary N) is 2. The molecule has 21 heavy (non-hydrogen) atoms. The first-order chi connectivity index (χ1) is 10.0. The Morgan fingerprint density at radius 3 is 2.76 bits per heavy atom. The summed E-state index contributed by atoms with van der Waals surface area (Å²) in [6.45, 7) is 3.64. The van der Waals surface area contributed by atoms with Crippen LogP contribution in [0, 0.1) is 5.92 Å². The van der Waals surface area contributed by atoms with E-state index in [9.17, 15) is 9.59 Å². The van der Waals surface area contributed by atoms with Gasteiger partial charge >= 0.3 is 5.97 Å². The SMILES string of the molecule is COC(=O)C(NC(=O)c1cc(-c2ccco2)[nH]n1)C(C)C. The zero-order chi connectivity index (χ0) is 15.4. The van der Waals surface area contributed by atoms with Gasteiger partial charge in [-0.1, -0.05) is 13.8 Å². The molecule has 0 aliphatic heterocycles. The number of nitrogens with zero attached hydrogens (tertiary/aromatic N) is 1. The molecule has 0 aliphatic carbocycles. The molecule has 0 bridgehead atoms. The monoisotopic (exact) mass is 291 g/mol. The van der Waals surface area contributed by atoms with Gasteiger partial charge in [-0.3, -0.25) is 9.89 Å². The van der Waals surface area contributed by atoms with E-state index in [2.05, 4.69) is 20.3 Å². The van der Waals surface area contributed by atoms with Crippen molar-refractivity contribution >= 4 is 11.9 Å². The van der Waals surface area contributed by atoms with E-state index in [1.165, 1.54) is 13.4 Å². The topological polar surface area (TPSA) is 97.2 Å².